The molecule has 9 unspecified atom stereocenters. The highest BCUT2D eigenvalue weighted by Crippen LogP contribution is 2.67. The molecule has 0 aromatic rings. The highest BCUT2D eigenvalue weighted by Gasteiger charge is 2.59. The van der Waals surface area contributed by atoms with E-state index in [2.05, 4.69) is 45.6 Å². The van der Waals surface area contributed by atoms with Gasteiger partial charge in [-0.25, -0.2) is 0 Å². The molecule has 3 saturated carbocycles. The van der Waals surface area contributed by atoms with Gasteiger partial charge in [-0.3, -0.25) is 0 Å². The average Bonchev–Trinajstić information content (AvgIpc) is 3.51. The van der Waals surface area contributed by atoms with Gasteiger partial charge in [-0.05, 0) is 105 Å². The van der Waals surface area contributed by atoms with Crippen molar-refractivity contribution in [3.05, 3.63) is 11.6 Å². The SMILES string of the molecule is CC(C)CCCC(C)C1CCC2C3CC=C4C[C@@H](OC5OC5OCCN(C)CCO)CCC4(C)C3CCC12C. The lowest BCUT2D eigenvalue weighted by atomic mass is 9.47. The summed E-state index contributed by atoms with van der Waals surface area (Å²) >= 11 is 0. The predicted octanol–water partition coefficient (Wildman–Crippen LogP) is 7.04. The molecule has 5 heteroatoms. The second-order valence-electron chi connectivity index (χ2n) is 15.1. The monoisotopic (exact) mass is 545 g/mol. The van der Waals surface area contributed by atoms with Crippen LogP contribution in [0.2, 0.25) is 0 Å². The van der Waals surface area contributed by atoms with Crippen LogP contribution >= 0.6 is 0 Å². The van der Waals surface area contributed by atoms with Crippen molar-refractivity contribution >= 4 is 0 Å². The number of hydrogen-bond donors (Lipinski definition) is 1. The van der Waals surface area contributed by atoms with Gasteiger partial charge in [-0.15, -0.1) is 0 Å². The lowest BCUT2D eigenvalue weighted by Gasteiger charge is -2.58. The lowest BCUT2D eigenvalue weighted by Crippen LogP contribution is -2.51. The molecule has 0 aromatic heterocycles. The molecule has 1 N–H and O–H groups in total. The number of ether oxygens (including phenoxy) is 3. The number of allylic oxidation sites excluding steroid dienone is 1. The zero-order valence-corrected chi connectivity index (χ0v) is 26.0. The quantitative estimate of drug-likeness (QED) is 0.199. The molecule has 1 saturated heterocycles. The third-order valence-electron chi connectivity index (χ3n) is 12.2. The maximum absolute atomic E-state index is 9.04. The minimum atomic E-state index is -0.218. The van der Waals surface area contributed by atoms with Crippen molar-refractivity contribution in [2.45, 2.75) is 124 Å². The molecule has 4 aliphatic carbocycles. The van der Waals surface area contributed by atoms with Crippen LogP contribution in [0.3, 0.4) is 0 Å². The Morgan fingerprint density at radius 2 is 1.85 bits per heavy atom. The molecule has 5 rings (SSSR count). The van der Waals surface area contributed by atoms with Crippen LogP contribution in [-0.2, 0) is 14.2 Å². The van der Waals surface area contributed by atoms with Gasteiger partial charge in [0.25, 0.3) is 0 Å². The summed E-state index contributed by atoms with van der Waals surface area (Å²) in [6.45, 7) is 14.9. The Morgan fingerprint density at radius 1 is 1.03 bits per heavy atom. The van der Waals surface area contributed by atoms with Gasteiger partial charge in [0.15, 0.2) is 0 Å². The molecule has 0 amide bonds. The van der Waals surface area contributed by atoms with E-state index in [0.29, 0.717) is 24.0 Å². The van der Waals surface area contributed by atoms with E-state index in [4.69, 9.17) is 19.3 Å². The van der Waals surface area contributed by atoms with Gasteiger partial charge in [0.1, 0.15) is 0 Å². The fourth-order valence-electron chi connectivity index (χ4n) is 9.87. The Labute approximate surface area is 239 Å². The summed E-state index contributed by atoms with van der Waals surface area (Å²) in [6, 6.07) is 0. The Kier molecular flexibility index (Phi) is 9.55. The number of fused-ring (bicyclic) bond motifs is 5. The van der Waals surface area contributed by atoms with Gasteiger partial charge in [0.05, 0.1) is 19.3 Å². The van der Waals surface area contributed by atoms with Crippen molar-refractivity contribution < 1.29 is 19.3 Å². The van der Waals surface area contributed by atoms with Crippen LogP contribution in [0.4, 0.5) is 0 Å². The molecule has 39 heavy (non-hydrogen) atoms. The van der Waals surface area contributed by atoms with Crippen LogP contribution in [0.1, 0.15) is 105 Å². The van der Waals surface area contributed by atoms with Crippen molar-refractivity contribution in [1.29, 1.82) is 0 Å². The Hall–Kier alpha value is -0.460. The van der Waals surface area contributed by atoms with E-state index in [1.807, 2.05) is 7.05 Å². The molecule has 10 atom stereocenters. The number of nitrogens with zero attached hydrogens (tertiary/aromatic N) is 1. The van der Waals surface area contributed by atoms with Crippen molar-refractivity contribution in [2.24, 2.45) is 46.3 Å². The molecule has 0 bridgehead atoms. The first-order valence-corrected chi connectivity index (χ1v) is 16.6. The molecule has 0 aromatic carbocycles. The number of rotatable bonds is 13. The minimum absolute atomic E-state index is 0.179. The summed E-state index contributed by atoms with van der Waals surface area (Å²) < 4.78 is 17.9. The molecular formula is C34H59NO4. The maximum Gasteiger partial charge on any atom is 0.212 e. The fraction of sp³-hybridized carbons (Fsp3) is 0.941. The summed E-state index contributed by atoms with van der Waals surface area (Å²) in [6.07, 6.45) is 17.3. The van der Waals surface area contributed by atoms with Gasteiger partial charge < -0.3 is 24.2 Å². The topological polar surface area (TPSA) is 54.5 Å². The molecule has 1 heterocycles. The first kappa shape index (κ1) is 30.0. The van der Waals surface area contributed by atoms with Crippen LogP contribution in [0.5, 0.6) is 0 Å². The third-order valence-corrected chi connectivity index (χ3v) is 12.2. The smallest absolute Gasteiger partial charge is 0.212 e. The molecule has 5 aliphatic rings. The highest BCUT2D eigenvalue weighted by molar-refractivity contribution is 5.25. The lowest BCUT2D eigenvalue weighted by molar-refractivity contribution is -0.0754. The predicted molar refractivity (Wildman–Crippen MR) is 157 cm³/mol. The Bertz CT molecular complexity index is 845. The van der Waals surface area contributed by atoms with Crippen LogP contribution < -0.4 is 0 Å². The highest BCUT2D eigenvalue weighted by atomic mass is 16.9. The molecule has 224 valence electrons. The molecule has 0 radical (unpaired) electrons. The van der Waals surface area contributed by atoms with E-state index in [-0.39, 0.29) is 25.3 Å². The van der Waals surface area contributed by atoms with Crippen molar-refractivity contribution in [3.63, 3.8) is 0 Å². The summed E-state index contributed by atoms with van der Waals surface area (Å²) in [7, 11) is 2.00. The van der Waals surface area contributed by atoms with E-state index in [1.54, 1.807) is 5.57 Å². The summed E-state index contributed by atoms with van der Waals surface area (Å²) in [5.41, 5.74) is 2.61. The molecule has 5 nitrogen and oxygen atoms in total. The minimum Gasteiger partial charge on any atom is -0.395 e. The first-order valence-electron chi connectivity index (χ1n) is 16.6. The van der Waals surface area contributed by atoms with Crippen LogP contribution in [-0.4, -0.2) is 62.0 Å². The van der Waals surface area contributed by atoms with Gasteiger partial charge in [0.2, 0.25) is 12.6 Å². The second-order valence-corrected chi connectivity index (χ2v) is 15.1. The Balaban J connectivity index is 1.14. The summed E-state index contributed by atoms with van der Waals surface area (Å²) in [5, 5.41) is 9.04. The third kappa shape index (κ3) is 6.33. The number of likely N-dealkylation sites (N-methyl/N-ethyl adjacent to an activating group) is 1. The molecule has 4 fully saturated rings. The van der Waals surface area contributed by atoms with Gasteiger partial charge >= 0.3 is 0 Å². The van der Waals surface area contributed by atoms with E-state index in [9.17, 15) is 0 Å². The molecule has 0 spiro atoms. The number of aliphatic hydroxyl groups is 1. The standard InChI is InChI=1S/C34H59NO4/c1-23(2)8-7-9-24(3)28-12-13-29-27-11-10-25-22-26(14-16-33(25,4)30(27)15-17-34(28,29)5)38-32-31(39-32)37-21-19-35(6)18-20-36/h10,23-24,26-32,36H,7-9,11-22H2,1-6H3/t24?,26-,27?,28?,29?,30?,31?,32?,33?,34?/m0/s1. The molecule has 1 aliphatic heterocycles. The number of aliphatic hydroxyl groups excluding tert-OH is 1. The zero-order valence-electron chi connectivity index (χ0n) is 26.0. The Morgan fingerprint density at radius 3 is 2.62 bits per heavy atom. The van der Waals surface area contributed by atoms with Crippen LogP contribution in [0.15, 0.2) is 11.6 Å². The zero-order chi connectivity index (χ0) is 27.8. The van der Waals surface area contributed by atoms with Gasteiger partial charge in [-0.2, -0.15) is 0 Å². The van der Waals surface area contributed by atoms with E-state index < -0.39 is 0 Å². The summed E-state index contributed by atoms with van der Waals surface area (Å²) in [4.78, 5) is 2.07. The van der Waals surface area contributed by atoms with Crippen molar-refractivity contribution in [3.8, 4) is 0 Å². The van der Waals surface area contributed by atoms with Gasteiger partial charge in [0, 0.05) is 13.1 Å². The van der Waals surface area contributed by atoms with E-state index >= 15 is 0 Å². The molecular weight excluding hydrogens is 486 g/mol. The maximum atomic E-state index is 9.04. The van der Waals surface area contributed by atoms with Crippen molar-refractivity contribution in [2.75, 3.05) is 33.4 Å². The number of hydrogen-bond acceptors (Lipinski definition) is 5. The average molecular weight is 546 g/mol. The van der Waals surface area contributed by atoms with Gasteiger partial charge in [-0.1, -0.05) is 65.5 Å². The number of epoxide rings is 1. The van der Waals surface area contributed by atoms with E-state index in [0.717, 1.165) is 54.9 Å². The first-order chi connectivity index (χ1) is 18.7. The summed E-state index contributed by atoms with van der Waals surface area (Å²) in [5.74, 6) is 5.32. The second kappa shape index (κ2) is 12.4. The van der Waals surface area contributed by atoms with Crippen LogP contribution in [0.25, 0.3) is 0 Å². The largest absolute Gasteiger partial charge is 0.395 e. The van der Waals surface area contributed by atoms with Crippen molar-refractivity contribution in [1.82, 2.24) is 4.90 Å². The normalized spacial score (nSPS) is 42.2. The van der Waals surface area contributed by atoms with E-state index in [1.165, 1.54) is 57.8 Å². The van der Waals surface area contributed by atoms with Crippen LogP contribution in [0, 0.1) is 46.3 Å². The fourth-order valence-corrected chi connectivity index (χ4v) is 9.87.